The average Bonchev–Trinajstić information content (AvgIpc) is 1.57. The van der Waals surface area contributed by atoms with Crippen LogP contribution in [0.5, 0.6) is 0 Å². The molecule has 1 aromatic rings. The predicted molar refractivity (Wildman–Crippen MR) is 39.2 cm³/mol. The van der Waals surface area contributed by atoms with Crippen molar-refractivity contribution >= 4 is 11.4 Å². The highest BCUT2D eigenvalue weighted by Crippen LogP contribution is 2.35. The van der Waals surface area contributed by atoms with Crippen LogP contribution in [0.25, 0.3) is 0 Å². The van der Waals surface area contributed by atoms with E-state index >= 15 is 0 Å². The van der Waals surface area contributed by atoms with Gasteiger partial charge >= 0.3 is 0 Å². The fraction of sp³-hybridized carbons (Fsp3) is 0.250. The smallest absolute Gasteiger partial charge is 0.0435 e. The minimum absolute atomic E-state index is 1.29. The monoisotopic (exact) mass is 119 g/mol. The Morgan fingerprint density at radius 1 is 1.00 bits per heavy atom. The Balaban J connectivity index is 2.72. The van der Waals surface area contributed by atoms with Gasteiger partial charge in [-0.15, -0.1) is 0 Å². The van der Waals surface area contributed by atoms with Crippen molar-refractivity contribution in [1.82, 2.24) is 0 Å². The lowest BCUT2D eigenvalue weighted by Gasteiger charge is -2.22. The number of benzene rings is 1. The van der Waals surface area contributed by atoms with Crippen molar-refractivity contribution < 1.29 is 0 Å². The van der Waals surface area contributed by atoms with Crippen molar-refractivity contribution in [2.75, 3.05) is 5.32 Å². The zero-order valence-electron chi connectivity index (χ0n) is 5.65. The molecule has 0 fully saturated rings. The Morgan fingerprint density at radius 2 is 1.44 bits per heavy atom. The van der Waals surface area contributed by atoms with E-state index in [2.05, 4.69) is 31.3 Å². The maximum absolute atomic E-state index is 3.25. The summed E-state index contributed by atoms with van der Waals surface area (Å²) in [6.45, 7) is 4.25. The molecule has 9 heavy (non-hydrogen) atoms. The van der Waals surface area contributed by atoms with Gasteiger partial charge in [-0.2, -0.15) is 0 Å². The molecule has 0 atom stereocenters. The van der Waals surface area contributed by atoms with Crippen LogP contribution in [-0.4, -0.2) is 0 Å². The number of aryl methyl sites for hydroxylation is 2. The largest absolute Gasteiger partial charge is 0.355 e. The molecule has 0 spiro atoms. The first kappa shape index (κ1) is 4.86. The molecule has 1 aromatic carbocycles. The summed E-state index contributed by atoms with van der Waals surface area (Å²) in [5.74, 6) is 0. The van der Waals surface area contributed by atoms with Crippen LogP contribution < -0.4 is 5.32 Å². The van der Waals surface area contributed by atoms with Crippen molar-refractivity contribution in [3.05, 3.63) is 23.3 Å². The molecule has 2 heterocycles. The van der Waals surface area contributed by atoms with Gasteiger partial charge < -0.3 is 5.32 Å². The first-order valence-corrected chi connectivity index (χ1v) is 3.15. The topological polar surface area (TPSA) is 12.0 Å². The molecule has 0 radical (unpaired) electrons. The summed E-state index contributed by atoms with van der Waals surface area (Å²) in [7, 11) is 0. The van der Waals surface area contributed by atoms with Crippen LogP contribution in [-0.2, 0) is 0 Å². The fourth-order valence-electron chi connectivity index (χ4n) is 1.19. The summed E-state index contributed by atoms with van der Waals surface area (Å²) < 4.78 is 0. The molecule has 46 valence electrons. The van der Waals surface area contributed by atoms with Gasteiger partial charge in [0.25, 0.3) is 0 Å². The Kier molecular flexibility index (Phi) is 0.699. The molecule has 0 unspecified atom stereocenters. The van der Waals surface area contributed by atoms with E-state index in [1.807, 2.05) is 0 Å². The van der Waals surface area contributed by atoms with E-state index in [1.54, 1.807) is 0 Å². The molecular formula is C8H9N. The van der Waals surface area contributed by atoms with E-state index in [0.717, 1.165) is 0 Å². The standard InChI is InChI=1S/C8H9N/c1-5-3-6(2)8-4-7(5)9-8/h3-4,9H,1-2H3. The van der Waals surface area contributed by atoms with E-state index in [4.69, 9.17) is 0 Å². The molecule has 1 nitrogen and oxygen atoms in total. The van der Waals surface area contributed by atoms with Crippen LogP contribution in [0.15, 0.2) is 12.1 Å². The number of hydrogen-bond donors (Lipinski definition) is 1. The van der Waals surface area contributed by atoms with Gasteiger partial charge in [-0.05, 0) is 31.0 Å². The Bertz CT molecular complexity index is 240. The number of rotatable bonds is 0. The molecule has 1 heteroatoms. The first-order valence-electron chi connectivity index (χ1n) is 3.15. The molecule has 2 aliphatic rings. The Labute approximate surface area is 54.7 Å². The third kappa shape index (κ3) is 0.489. The molecule has 0 aliphatic carbocycles. The van der Waals surface area contributed by atoms with E-state index < -0.39 is 0 Å². The maximum Gasteiger partial charge on any atom is 0.0435 e. The third-order valence-electron chi connectivity index (χ3n) is 1.84. The number of nitrogens with one attached hydrogen (secondary N) is 1. The Morgan fingerprint density at radius 3 is 1.67 bits per heavy atom. The lowest BCUT2D eigenvalue weighted by molar-refractivity contribution is 1.30. The van der Waals surface area contributed by atoms with Crippen LogP contribution in [0.3, 0.4) is 0 Å². The molecule has 2 bridgehead atoms. The summed E-state index contributed by atoms with van der Waals surface area (Å²) in [5, 5.41) is 3.25. The first-order chi connectivity index (χ1) is 4.27. The molecule has 2 aliphatic heterocycles. The van der Waals surface area contributed by atoms with Gasteiger partial charge in [-0.25, -0.2) is 0 Å². The summed E-state index contributed by atoms with van der Waals surface area (Å²) in [6, 6.07) is 4.39. The molecule has 0 aromatic heterocycles. The highest BCUT2D eigenvalue weighted by atomic mass is 14.9. The van der Waals surface area contributed by atoms with E-state index in [9.17, 15) is 0 Å². The number of fused-ring (bicyclic) bond motifs is 2. The molecule has 3 rings (SSSR count). The van der Waals surface area contributed by atoms with Crippen LogP contribution >= 0.6 is 0 Å². The Hall–Kier alpha value is -0.980. The van der Waals surface area contributed by atoms with Gasteiger partial charge in [0.05, 0.1) is 0 Å². The van der Waals surface area contributed by atoms with Crippen molar-refractivity contribution in [2.24, 2.45) is 0 Å². The van der Waals surface area contributed by atoms with Gasteiger partial charge in [-0.1, -0.05) is 6.07 Å². The third-order valence-corrected chi connectivity index (χ3v) is 1.84. The van der Waals surface area contributed by atoms with Gasteiger partial charge in [0, 0.05) is 11.4 Å². The predicted octanol–water partition coefficient (Wildman–Crippen LogP) is 2.36. The average molecular weight is 119 g/mol. The summed E-state index contributed by atoms with van der Waals surface area (Å²) >= 11 is 0. The fourth-order valence-corrected chi connectivity index (χ4v) is 1.19. The quantitative estimate of drug-likeness (QED) is 0.561. The SMILES string of the molecule is Cc1cc(C)c2cc1N2. The molecule has 0 saturated carbocycles. The minimum Gasteiger partial charge on any atom is -0.355 e. The van der Waals surface area contributed by atoms with Gasteiger partial charge in [0.15, 0.2) is 0 Å². The summed E-state index contributed by atoms with van der Waals surface area (Å²) in [4.78, 5) is 0. The lowest BCUT2D eigenvalue weighted by Crippen LogP contribution is -2.05. The van der Waals surface area contributed by atoms with Gasteiger partial charge in [-0.3, -0.25) is 0 Å². The summed E-state index contributed by atoms with van der Waals surface area (Å²) in [6.07, 6.45) is 0. The van der Waals surface area contributed by atoms with Gasteiger partial charge in [0.2, 0.25) is 0 Å². The van der Waals surface area contributed by atoms with E-state index in [0.29, 0.717) is 0 Å². The second-order valence-electron chi connectivity index (χ2n) is 2.61. The summed E-state index contributed by atoms with van der Waals surface area (Å²) in [5.41, 5.74) is 5.27. The minimum atomic E-state index is 1.29. The normalized spacial score (nSPS) is 12.2. The van der Waals surface area contributed by atoms with Crippen LogP contribution in [0.1, 0.15) is 11.1 Å². The van der Waals surface area contributed by atoms with Gasteiger partial charge in [0.1, 0.15) is 0 Å². The maximum atomic E-state index is 3.25. The molecular weight excluding hydrogens is 110 g/mol. The van der Waals surface area contributed by atoms with E-state index in [1.165, 1.54) is 22.5 Å². The highest BCUT2D eigenvalue weighted by molar-refractivity contribution is 5.80. The van der Waals surface area contributed by atoms with Crippen molar-refractivity contribution in [3.8, 4) is 0 Å². The van der Waals surface area contributed by atoms with Crippen LogP contribution in [0.4, 0.5) is 11.4 Å². The van der Waals surface area contributed by atoms with Crippen LogP contribution in [0, 0.1) is 13.8 Å². The number of hydrogen-bond acceptors (Lipinski definition) is 1. The van der Waals surface area contributed by atoms with Crippen LogP contribution in [0.2, 0.25) is 0 Å². The van der Waals surface area contributed by atoms with Crippen molar-refractivity contribution in [1.29, 1.82) is 0 Å². The zero-order valence-corrected chi connectivity index (χ0v) is 5.65. The zero-order chi connectivity index (χ0) is 6.43. The van der Waals surface area contributed by atoms with E-state index in [-0.39, 0.29) is 0 Å². The second-order valence-corrected chi connectivity index (χ2v) is 2.61. The highest BCUT2D eigenvalue weighted by Gasteiger charge is 2.12. The molecule has 0 saturated heterocycles. The molecule has 1 N–H and O–H groups in total. The molecule has 0 amide bonds. The van der Waals surface area contributed by atoms with Crippen molar-refractivity contribution in [2.45, 2.75) is 13.8 Å². The number of anilines is 2. The lowest BCUT2D eigenvalue weighted by atomic mass is 10.0. The second kappa shape index (κ2) is 1.29. The van der Waals surface area contributed by atoms with Crippen molar-refractivity contribution in [3.63, 3.8) is 0 Å².